The molecule has 0 aliphatic heterocycles. The molecule has 0 saturated heterocycles. The van der Waals surface area contributed by atoms with E-state index in [1.807, 2.05) is 0 Å². The van der Waals surface area contributed by atoms with Gasteiger partial charge in [-0.2, -0.15) is 5.10 Å². The van der Waals surface area contributed by atoms with E-state index in [4.69, 9.17) is 15.2 Å². The number of rotatable bonds is 4. The van der Waals surface area contributed by atoms with Gasteiger partial charge in [-0.05, 0) is 12.1 Å². The van der Waals surface area contributed by atoms with E-state index >= 15 is 0 Å². The van der Waals surface area contributed by atoms with E-state index in [1.165, 1.54) is 25.1 Å². The number of nitrogens with two attached hydrogens (primary N) is 1. The molecule has 6 nitrogen and oxygen atoms in total. The Hall–Kier alpha value is -2.50. The third-order valence-electron chi connectivity index (χ3n) is 2.84. The molecule has 0 bridgehead atoms. The lowest BCUT2D eigenvalue weighted by atomic mass is 10.0. The molecule has 0 spiro atoms. The van der Waals surface area contributed by atoms with Gasteiger partial charge in [0.25, 0.3) is 0 Å². The molecule has 2 N–H and O–H groups in total. The van der Waals surface area contributed by atoms with Crippen molar-refractivity contribution in [1.82, 2.24) is 9.78 Å². The van der Waals surface area contributed by atoms with Crippen LogP contribution in [-0.2, 0) is 7.05 Å². The Labute approximate surface area is 110 Å². The lowest BCUT2D eigenvalue weighted by molar-refractivity contribution is 0.103. The van der Waals surface area contributed by atoms with Crippen LogP contribution in [0, 0.1) is 0 Å². The molecule has 0 amide bonds. The molecule has 0 saturated carbocycles. The summed E-state index contributed by atoms with van der Waals surface area (Å²) in [5.41, 5.74) is 6.60. The van der Waals surface area contributed by atoms with E-state index in [0.717, 1.165) is 0 Å². The molecule has 1 aromatic heterocycles. The zero-order valence-corrected chi connectivity index (χ0v) is 11.0. The summed E-state index contributed by atoms with van der Waals surface area (Å²) in [6, 6.07) is 4.97. The maximum absolute atomic E-state index is 12.4. The van der Waals surface area contributed by atoms with Gasteiger partial charge in [-0.15, -0.1) is 0 Å². The number of aryl methyl sites for hydroxylation is 1. The van der Waals surface area contributed by atoms with Crippen molar-refractivity contribution in [3.05, 3.63) is 35.5 Å². The first-order valence-corrected chi connectivity index (χ1v) is 5.62. The van der Waals surface area contributed by atoms with Crippen LogP contribution in [-0.4, -0.2) is 29.8 Å². The number of nitrogens with zero attached hydrogens (tertiary/aromatic N) is 2. The first kappa shape index (κ1) is 12.9. The Morgan fingerprint density at radius 1 is 1.21 bits per heavy atom. The average Bonchev–Trinajstić information content (AvgIpc) is 2.77. The molecule has 6 heteroatoms. The Morgan fingerprint density at radius 2 is 1.79 bits per heavy atom. The first-order chi connectivity index (χ1) is 9.06. The monoisotopic (exact) mass is 261 g/mol. The van der Waals surface area contributed by atoms with Crippen LogP contribution < -0.4 is 15.2 Å². The molecule has 1 aromatic carbocycles. The fourth-order valence-electron chi connectivity index (χ4n) is 1.72. The van der Waals surface area contributed by atoms with E-state index in [1.54, 1.807) is 25.2 Å². The number of ether oxygens (including phenoxy) is 2. The van der Waals surface area contributed by atoms with Gasteiger partial charge in [-0.3, -0.25) is 9.48 Å². The van der Waals surface area contributed by atoms with Crippen molar-refractivity contribution in [3.63, 3.8) is 0 Å². The van der Waals surface area contributed by atoms with E-state index in [-0.39, 0.29) is 5.78 Å². The fraction of sp³-hybridized carbons (Fsp3) is 0.231. The maximum Gasteiger partial charge on any atom is 0.198 e. The van der Waals surface area contributed by atoms with Gasteiger partial charge < -0.3 is 15.2 Å². The van der Waals surface area contributed by atoms with Gasteiger partial charge in [0.05, 0.1) is 26.0 Å². The first-order valence-electron chi connectivity index (χ1n) is 5.62. The van der Waals surface area contributed by atoms with Crippen LogP contribution in [0.3, 0.4) is 0 Å². The Morgan fingerprint density at radius 3 is 2.21 bits per heavy atom. The predicted octanol–water partition coefficient (Wildman–Crippen LogP) is 1.25. The van der Waals surface area contributed by atoms with Crippen molar-refractivity contribution < 1.29 is 14.3 Å². The fourth-order valence-corrected chi connectivity index (χ4v) is 1.72. The quantitative estimate of drug-likeness (QED) is 0.838. The van der Waals surface area contributed by atoms with Gasteiger partial charge in [0, 0.05) is 18.7 Å². The van der Waals surface area contributed by atoms with E-state index in [2.05, 4.69) is 5.10 Å². The highest BCUT2D eigenvalue weighted by molar-refractivity contribution is 6.11. The summed E-state index contributed by atoms with van der Waals surface area (Å²) in [5, 5.41) is 3.96. The molecule has 0 atom stereocenters. The molecule has 0 unspecified atom stereocenters. The highest BCUT2D eigenvalue weighted by Gasteiger charge is 2.17. The van der Waals surface area contributed by atoms with Crippen molar-refractivity contribution >= 4 is 11.6 Å². The van der Waals surface area contributed by atoms with E-state index in [0.29, 0.717) is 28.4 Å². The molecule has 0 radical (unpaired) electrons. The highest BCUT2D eigenvalue weighted by Crippen LogP contribution is 2.25. The van der Waals surface area contributed by atoms with Crippen molar-refractivity contribution in [2.75, 3.05) is 20.0 Å². The SMILES string of the molecule is COc1cc(OC)cc(C(=O)c2cnn(C)c2N)c1. The summed E-state index contributed by atoms with van der Waals surface area (Å²) in [5.74, 6) is 1.20. The molecular formula is C13H15N3O3. The summed E-state index contributed by atoms with van der Waals surface area (Å²) >= 11 is 0. The number of hydrogen-bond acceptors (Lipinski definition) is 5. The predicted molar refractivity (Wildman–Crippen MR) is 70.6 cm³/mol. The number of carbonyl (C=O) groups is 1. The number of ketones is 1. The van der Waals surface area contributed by atoms with Gasteiger partial charge in [-0.1, -0.05) is 0 Å². The summed E-state index contributed by atoms with van der Waals surface area (Å²) < 4.78 is 11.7. The third kappa shape index (κ3) is 2.37. The normalized spacial score (nSPS) is 10.3. The number of carbonyl (C=O) groups excluding carboxylic acids is 1. The zero-order chi connectivity index (χ0) is 14.0. The van der Waals surface area contributed by atoms with Crippen LogP contribution in [0.4, 0.5) is 5.82 Å². The minimum atomic E-state index is -0.220. The van der Waals surface area contributed by atoms with Gasteiger partial charge in [0.2, 0.25) is 0 Å². The number of methoxy groups -OCH3 is 2. The number of hydrogen-bond donors (Lipinski definition) is 1. The van der Waals surface area contributed by atoms with Crippen molar-refractivity contribution in [2.45, 2.75) is 0 Å². The van der Waals surface area contributed by atoms with Gasteiger partial charge in [0.15, 0.2) is 5.78 Å². The Balaban J connectivity index is 2.46. The van der Waals surface area contributed by atoms with Crippen LogP contribution in [0.2, 0.25) is 0 Å². The molecule has 0 fully saturated rings. The van der Waals surface area contributed by atoms with Crippen molar-refractivity contribution in [2.24, 2.45) is 7.05 Å². The van der Waals surface area contributed by atoms with E-state index in [9.17, 15) is 4.79 Å². The highest BCUT2D eigenvalue weighted by atomic mass is 16.5. The van der Waals surface area contributed by atoms with Crippen molar-refractivity contribution in [3.8, 4) is 11.5 Å². The molecule has 0 aliphatic rings. The van der Waals surface area contributed by atoms with Gasteiger partial charge in [-0.25, -0.2) is 0 Å². The van der Waals surface area contributed by atoms with Crippen LogP contribution >= 0.6 is 0 Å². The summed E-state index contributed by atoms with van der Waals surface area (Å²) in [6.07, 6.45) is 1.45. The second kappa shape index (κ2) is 5.01. The lowest BCUT2D eigenvalue weighted by Crippen LogP contribution is -2.06. The molecule has 100 valence electrons. The van der Waals surface area contributed by atoms with Crippen LogP contribution in [0.5, 0.6) is 11.5 Å². The standard InChI is InChI=1S/C13H15N3O3/c1-16-13(14)11(7-15-16)12(17)8-4-9(18-2)6-10(5-8)19-3/h4-7H,14H2,1-3H3. The molecule has 19 heavy (non-hydrogen) atoms. The van der Waals surface area contributed by atoms with Crippen molar-refractivity contribution in [1.29, 1.82) is 0 Å². The number of nitrogen functional groups attached to an aromatic ring is 1. The Kier molecular flexibility index (Phi) is 3.41. The maximum atomic E-state index is 12.4. The zero-order valence-electron chi connectivity index (χ0n) is 11.0. The number of benzene rings is 1. The number of aromatic nitrogens is 2. The molecule has 1 heterocycles. The minimum absolute atomic E-state index is 0.220. The molecular weight excluding hydrogens is 246 g/mol. The molecule has 2 rings (SSSR count). The smallest absolute Gasteiger partial charge is 0.198 e. The largest absolute Gasteiger partial charge is 0.497 e. The van der Waals surface area contributed by atoms with Crippen LogP contribution in [0.15, 0.2) is 24.4 Å². The lowest BCUT2D eigenvalue weighted by Gasteiger charge is -2.07. The molecule has 0 aliphatic carbocycles. The van der Waals surface area contributed by atoms with Gasteiger partial charge in [0.1, 0.15) is 17.3 Å². The Bertz CT molecular complexity index is 597. The van der Waals surface area contributed by atoms with Crippen LogP contribution in [0.25, 0.3) is 0 Å². The summed E-state index contributed by atoms with van der Waals surface area (Å²) in [7, 11) is 4.74. The summed E-state index contributed by atoms with van der Waals surface area (Å²) in [6.45, 7) is 0. The van der Waals surface area contributed by atoms with E-state index < -0.39 is 0 Å². The average molecular weight is 261 g/mol. The second-order valence-corrected chi connectivity index (χ2v) is 4.00. The third-order valence-corrected chi connectivity index (χ3v) is 2.84. The minimum Gasteiger partial charge on any atom is -0.497 e. The summed E-state index contributed by atoms with van der Waals surface area (Å²) in [4.78, 5) is 12.4. The number of anilines is 1. The van der Waals surface area contributed by atoms with Gasteiger partial charge >= 0.3 is 0 Å². The topological polar surface area (TPSA) is 79.4 Å². The second-order valence-electron chi connectivity index (χ2n) is 4.00. The van der Waals surface area contributed by atoms with Crippen LogP contribution in [0.1, 0.15) is 15.9 Å². The molecule has 2 aromatic rings.